The number of pyridine rings is 1. The highest BCUT2D eigenvalue weighted by molar-refractivity contribution is 6.01. The third-order valence-corrected chi connectivity index (χ3v) is 5.60. The number of fused-ring (bicyclic) bond motifs is 2. The molecular formula is C23H19F2N5O3. The van der Waals surface area contributed by atoms with Gasteiger partial charge in [0, 0.05) is 48.4 Å². The molecule has 0 saturated carbocycles. The van der Waals surface area contributed by atoms with E-state index in [1.807, 2.05) is 0 Å². The van der Waals surface area contributed by atoms with Crippen molar-refractivity contribution in [2.24, 2.45) is 14.1 Å². The molecule has 5 rings (SSSR count). The number of aromatic nitrogens is 5. The minimum atomic E-state index is -0.876. The van der Waals surface area contributed by atoms with Crippen LogP contribution >= 0.6 is 0 Å². The minimum Gasteiger partial charge on any atom is -0.451 e. The fourth-order valence-electron chi connectivity index (χ4n) is 4.01. The molecule has 0 aliphatic heterocycles. The Hall–Kier alpha value is -4.05. The van der Waals surface area contributed by atoms with Crippen molar-refractivity contribution in [3.63, 3.8) is 0 Å². The summed E-state index contributed by atoms with van der Waals surface area (Å²) in [6.45, 7) is 1.62. The summed E-state index contributed by atoms with van der Waals surface area (Å²) in [4.78, 5) is 17.0. The second-order valence-electron chi connectivity index (χ2n) is 7.87. The minimum absolute atomic E-state index is 0.192. The molecule has 0 saturated heterocycles. The van der Waals surface area contributed by atoms with E-state index in [1.54, 1.807) is 44.2 Å². The van der Waals surface area contributed by atoms with Gasteiger partial charge in [-0.05, 0) is 25.1 Å². The van der Waals surface area contributed by atoms with Crippen LogP contribution in [0.2, 0.25) is 0 Å². The Morgan fingerprint density at radius 3 is 2.67 bits per heavy atom. The molecule has 168 valence electrons. The number of rotatable bonds is 4. The number of nitrogens with one attached hydrogen (secondary N) is 1. The zero-order valence-electron chi connectivity index (χ0n) is 17.9. The molecule has 2 N–H and O–H groups in total. The van der Waals surface area contributed by atoms with Crippen molar-refractivity contribution in [1.82, 2.24) is 24.3 Å². The molecule has 0 aliphatic rings. The van der Waals surface area contributed by atoms with E-state index in [4.69, 9.17) is 4.74 Å². The molecule has 3 aromatic heterocycles. The summed E-state index contributed by atoms with van der Waals surface area (Å²) in [5.41, 5.74) is 2.58. The summed E-state index contributed by atoms with van der Waals surface area (Å²) in [6.07, 6.45) is 3.83. The van der Waals surface area contributed by atoms with Crippen LogP contribution in [0.15, 0.2) is 47.8 Å². The summed E-state index contributed by atoms with van der Waals surface area (Å²) < 4.78 is 37.1. The fraction of sp³-hybridized carbons (Fsp3) is 0.174. The van der Waals surface area contributed by atoms with Gasteiger partial charge in [-0.1, -0.05) is 0 Å². The lowest BCUT2D eigenvalue weighted by atomic mass is 9.97. The average molecular weight is 451 g/mol. The molecule has 0 spiro atoms. The standard InChI is InChI=1S/C23H19F2N5O3/c1-11(31)13-7-14(16-9-29(2)23(32)19-15(16)8-27-28-19)22(20-21(13)30(3)10-26-20)33-18-5-4-12(24)6-17(18)25/h4-11,31H,1-3H3,(H,27,28). The monoisotopic (exact) mass is 451 g/mol. The van der Waals surface area contributed by atoms with Crippen LogP contribution in [-0.2, 0) is 14.1 Å². The van der Waals surface area contributed by atoms with Gasteiger partial charge in [0.1, 0.15) is 16.9 Å². The van der Waals surface area contributed by atoms with Crippen LogP contribution in [-0.4, -0.2) is 29.4 Å². The molecule has 3 heterocycles. The zero-order chi connectivity index (χ0) is 23.4. The molecule has 0 bridgehead atoms. The van der Waals surface area contributed by atoms with Crippen molar-refractivity contribution < 1.29 is 18.6 Å². The van der Waals surface area contributed by atoms with Crippen molar-refractivity contribution in [1.29, 1.82) is 0 Å². The number of benzene rings is 2. The van der Waals surface area contributed by atoms with Crippen molar-refractivity contribution in [2.45, 2.75) is 13.0 Å². The SMILES string of the molecule is CC(O)c1cc(-c2cn(C)c(=O)c3[nH]ncc23)c(Oc2ccc(F)cc2F)c2ncn(C)c12. The Balaban J connectivity index is 1.89. The third-order valence-electron chi connectivity index (χ3n) is 5.60. The maximum Gasteiger partial charge on any atom is 0.276 e. The molecular weight excluding hydrogens is 432 g/mol. The van der Waals surface area contributed by atoms with Crippen molar-refractivity contribution in [2.75, 3.05) is 0 Å². The number of halogens is 2. The number of hydrogen-bond donors (Lipinski definition) is 2. The van der Waals surface area contributed by atoms with Crippen LogP contribution in [0.1, 0.15) is 18.6 Å². The Morgan fingerprint density at radius 1 is 1.15 bits per heavy atom. The predicted molar refractivity (Wildman–Crippen MR) is 118 cm³/mol. The van der Waals surface area contributed by atoms with Gasteiger partial charge in [-0.3, -0.25) is 9.89 Å². The van der Waals surface area contributed by atoms with Crippen LogP contribution in [0.5, 0.6) is 11.5 Å². The van der Waals surface area contributed by atoms with Crippen molar-refractivity contribution in [3.8, 4) is 22.6 Å². The molecule has 0 aliphatic carbocycles. The first-order valence-corrected chi connectivity index (χ1v) is 10.1. The number of nitrogens with zero attached hydrogens (tertiary/aromatic N) is 4. The number of imidazole rings is 1. The second kappa shape index (κ2) is 7.52. The smallest absolute Gasteiger partial charge is 0.276 e. The van der Waals surface area contributed by atoms with E-state index in [-0.39, 0.29) is 22.6 Å². The molecule has 33 heavy (non-hydrogen) atoms. The topological polar surface area (TPSA) is 98.0 Å². The molecule has 2 aromatic carbocycles. The van der Waals surface area contributed by atoms with E-state index >= 15 is 0 Å². The first-order chi connectivity index (χ1) is 15.8. The molecule has 1 atom stereocenters. The van der Waals surface area contributed by atoms with Gasteiger partial charge >= 0.3 is 0 Å². The zero-order valence-corrected chi connectivity index (χ0v) is 17.9. The average Bonchev–Trinajstić information content (AvgIpc) is 3.40. The molecule has 1 unspecified atom stereocenters. The van der Waals surface area contributed by atoms with Gasteiger partial charge in [0.25, 0.3) is 5.56 Å². The molecule has 8 nitrogen and oxygen atoms in total. The Morgan fingerprint density at radius 2 is 1.94 bits per heavy atom. The molecule has 10 heteroatoms. The Labute approximate surface area is 185 Å². The maximum atomic E-state index is 14.5. The van der Waals surface area contributed by atoms with E-state index in [0.29, 0.717) is 33.1 Å². The van der Waals surface area contributed by atoms with Crippen LogP contribution in [0, 0.1) is 11.6 Å². The number of H-pyrrole nitrogens is 1. The number of aliphatic hydroxyl groups excluding tert-OH is 1. The van der Waals surface area contributed by atoms with Gasteiger partial charge in [0.05, 0.1) is 24.1 Å². The van der Waals surface area contributed by atoms with Gasteiger partial charge in [-0.25, -0.2) is 13.8 Å². The molecule has 0 fully saturated rings. The number of aromatic amines is 1. The van der Waals surface area contributed by atoms with Gasteiger partial charge < -0.3 is 19.0 Å². The van der Waals surface area contributed by atoms with Crippen LogP contribution in [0.4, 0.5) is 8.78 Å². The summed E-state index contributed by atoms with van der Waals surface area (Å²) in [6, 6.07) is 4.74. The lowest BCUT2D eigenvalue weighted by Gasteiger charge is -2.18. The lowest BCUT2D eigenvalue weighted by Crippen LogP contribution is -2.16. The highest BCUT2D eigenvalue weighted by atomic mass is 19.1. The number of aliphatic hydroxyl groups is 1. The van der Waals surface area contributed by atoms with Crippen molar-refractivity contribution in [3.05, 3.63) is 70.5 Å². The predicted octanol–water partition coefficient (Wildman–Crippen LogP) is 3.94. The fourth-order valence-corrected chi connectivity index (χ4v) is 4.01. The summed E-state index contributed by atoms with van der Waals surface area (Å²) in [7, 11) is 3.37. The Bertz CT molecular complexity index is 1600. The van der Waals surface area contributed by atoms with Gasteiger partial charge in [0.15, 0.2) is 17.3 Å². The van der Waals surface area contributed by atoms with E-state index in [9.17, 15) is 18.7 Å². The lowest BCUT2D eigenvalue weighted by molar-refractivity contribution is 0.200. The van der Waals surface area contributed by atoms with Crippen molar-refractivity contribution >= 4 is 21.9 Å². The van der Waals surface area contributed by atoms with Gasteiger partial charge in [-0.2, -0.15) is 5.10 Å². The molecule has 0 amide bonds. The van der Waals surface area contributed by atoms with Crippen LogP contribution in [0.3, 0.4) is 0 Å². The maximum absolute atomic E-state index is 14.5. The first-order valence-electron chi connectivity index (χ1n) is 10.1. The summed E-state index contributed by atoms with van der Waals surface area (Å²) in [5.74, 6) is -1.60. The van der Waals surface area contributed by atoms with Crippen LogP contribution in [0.25, 0.3) is 33.1 Å². The third kappa shape index (κ3) is 3.26. The highest BCUT2D eigenvalue weighted by Crippen LogP contribution is 2.44. The molecule has 0 radical (unpaired) electrons. The quantitative estimate of drug-likeness (QED) is 0.431. The van der Waals surface area contributed by atoms with E-state index < -0.39 is 17.7 Å². The number of ether oxygens (including phenoxy) is 1. The van der Waals surface area contributed by atoms with E-state index in [0.717, 1.165) is 12.1 Å². The Kier molecular flexibility index (Phi) is 4.75. The van der Waals surface area contributed by atoms with Crippen LogP contribution < -0.4 is 10.3 Å². The summed E-state index contributed by atoms with van der Waals surface area (Å²) in [5, 5.41) is 17.7. The number of hydrogen-bond acceptors (Lipinski definition) is 5. The first kappa shape index (κ1) is 20.8. The number of aryl methyl sites for hydroxylation is 2. The molecule has 5 aromatic rings. The second-order valence-corrected chi connectivity index (χ2v) is 7.87. The largest absolute Gasteiger partial charge is 0.451 e. The van der Waals surface area contributed by atoms with Gasteiger partial charge in [0.2, 0.25) is 0 Å². The highest BCUT2D eigenvalue weighted by Gasteiger charge is 2.24. The van der Waals surface area contributed by atoms with E-state index in [2.05, 4.69) is 15.2 Å². The van der Waals surface area contributed by atoms with E-state index in [1.165, 1.54) is 16.8 Å². The normalized spacial score (nSPS) is 12.5. The van der Waals surface area contributed by atoms with Gasteiger partial charge in [-0.15, -0.1) is 0 Å². The summed E-state index contributed by atoms with van der Waals surface area (Å²) >= 11 is 0.